The summed E-state index contributed by atoms with van der Waals surface area (Å²) >= 11 is 1.39. The lowest BCUT2D eigenvalue weighted by molar-refractivity contribution is 0.0996. The molecular formula is C26H30FN7O3S. The van der Waals surface area contributed by atoms with Crippen LogP contribution in [0.1, 0.15) is 41.7 Å². The molecule has 12 heteroatoms. The first-order chi connectivity index (χ1) is 18.5. The number of alkyl halides is 1. The second-order valence-electron chi connectivity index (χ2n) is 10.5. The fourth-order valence-corrected chi connectivity index (χ4v) is 7.18. The van der Waals surface area contributed by atoms with Crippen LogP contribution in [0.3, 0.4) is 0 Å². The van der Waals surface area contributed by atoms with Crippen LogP contribution < -0.4 is 20.3 Å². The van der Waals surface area contributed by atoms with Crippen LogP contribution in [0, 0.1) is 0 Å². The molecule has 0 bridgehead atoms. The molecule has 0 unspecified atom stereocenters. The molecular weight excluding hydrogens is 509 g/mol. The topological polar surface area (TPSA) is 110 Å². The number of hydrogen-bond donors (Lipinski definition) is 1. The molecule has 3 saturated heterocycles. The number of rotatable bonds is 5. The van der Waals surface area contributed by atoms with E-state index in [0.29, 0.717) is 72.7 Å². The Morgan fingerprint density at radius 3 is 3.03 bits per heavy atom. The largest absolute Gasteiger partial charge is 0.461 e. The SMILES string of the molecule is Nc1nc2c(N3Cc4nc(OC[C@@]56CCCN5C[C@H](F)C6)nc(N5CCCOCC5)c4C3=O)cccc2s1. The molecule has 6 heterocycles. The van der Waals surface area contributed by atoms with Gasteiger partial charge in [-0.05, 0) is 37.9 Å². The van der Waals surface area contributed by atoms with Gasteiger partial charge in [0.1, 0.15) is 29.7 Å². The molecule has 1 amide bonds. The number of nitrogens with zero attached hydrogens (tertiary/aromatic N) is 6. The third-order valence-corrected chi connectivity index (χ3v) is 9.02. The van der Waals surface area contributed by atoms with Gasteiger partial charge in [-0.15, -0.1) is 0 Å². The predicted molar refractivity (Wildman–Crippen MR) is 143 cm³/mol. The average molecular weight is 540 g/mol. The number of benzene rings is 1. The van der Waals surface area contributed by atoms with Crippen molar-refractivity contribution in [3.05, 3.63) is 29.5 Å². The highest BCUT2D eigenvalue weighted by molar-refractivity contribution is 7.22. The molecule has 3 aromatic rings. The summed E-state index contributed by atoms with van der Waals surface area (Å²) in [5, 5.41) is 0.458. The predicted octanol–water partition coefficient (Wildman–Crippen LogP) is 3.01. The molecule has 10 nitrogen and oxygen atoms in total. The number of carbonyl (C=O) groups is 1. The van der Waals surface area contributed by atoms with E-state index < -0.39 is 6.17 Å². The van der Waals surface area contributed by atoms with E-state index in [4.69, 9.17) is 25.2 Å². The van der Waals surface area contributed by atoms with Gasteiger partial charge in [-0.25, -0.2) is 9.37 Å². The number of ether oxygens (including phenoxy) is 2. The highest BCUT2D eigenvalue weighted by Crippen LogP contribution is 2.41. The first-order valence-corrected chi connectivity index (χ1v) is 14.0. The minimum absolute atomic E-state index is 0.164. The molecule has 200 valence electrons. The van der Waals surface area contributed by atoms with Crippen molar-refractivity contribution >= 4 is 44.1 Å². The zero-order chi connectivity index (χ0) is 25.9. The third-order valence-electron chi connectivity index (χ3n) is 8.17. The van der Waals surface area contributed by atoms with Crippen molar-refractivity contribution in [1.82, 2.24) is 19.9 Å². The van der Waals surface area contributed by atoms with Crippen LogP contribution >= 0.6 is 11.3 Å². The standard InChI is InChI=1S/C26H30FN7O3S/c27-16-12-26(6-2-8-33(26)13-16)15-37-25-29-17-14-34(18-4-1-5-19-21(18)30-24(28)38-19)23(35)20(17)22(31-25)32-7-3-10-36-11-9-32/h1,4-5,16H,2-3,6-15H2,(H2,28,30)/t16-,26+/m1/s1. The highest BCUT2D eigenvalue weighted by atomic mass is 32.1. The van der Waals surface area contributed by atoms with Crippen LogP contribution in [-0.2, 0) is 11.3 Å². The second kappa shape index (κ2) is 9.28. The summed E-state index contributed by atoms with van der Waals surface area (Å²) in [6, 6.07) is 5.98. The van der Waals surface area contributed by atoms with Gasteiger partial charge in [-0.1, -0.05) is 17.4 Å². The molecule has 38 heavy (non-hydrogen) atoms. The van der Waals surface area contributed by atoms with Crippen LogP contribution in [0.5, 0.6) is 6.01 Å². The second-order valence-corrected chi connectivity index (χ2v) is 11.6. The number of carbonyl (C=O) groups excluding carboxylic acids is 1. The number of halogens is 1. The minimum Gasteiger partial charge on any atom is -0.461 e. The third kappa shape index (κ3) is 3.97. The van der Waals surface area contributed by atoms with Gasteiger partial charge in [0, 0.05) is 32.7 Å². The van der Waals surface area contributed by atoms with Crippen molar-refractivity contribution in [3.8, 4) is 6.01 Å². The van der Waals surface area contributed by atoms with Gasteiger partial charge >= 0.3 is 6.01 Å². The van der Waals surface area contributed by atoms with Crippen molar-refractivity contribution in [2.45, 2.75) is 43.9 Å². The van der Waals surface area contributed by atoms with E-state index >= 15 is 0 Å². The van der Waals surface area contributed by atoms with E-state index in [1.165, 1.54) is 11.3 Å². The fourth-order valence-electron chi connectivity index (χ4n) is 6.42. The Kier molecular flexibility index (Phi) is 5.86. The van der Waals surface area contributed by atoms with E-state index in [9.17, 15) is 9.18 Å². The number of hydrogen-bond acceptors (Lipinski definition) is 10. The van der Waals surface area contributed by atoms with Crippen LogP contribution in [0.2, 0.25) is 0 Å². The molecule has 0 saturated carbocycles. The molecule has 2 aromatic heterocycles. The van der Waals surface area contributed by atoms with Crippen molar-refractivity contribution in [2.24, 2.45) is 0 Å². The van der Waals surface area contributed by atoms with Gasteiger partial charge in [0.25, 0.3) is 5.91 Å². The fraction of sp³-hybridized carbons (Fsp3) is 0.538. The summed E-state index contributed by atoms with van der Waals surface area (Å²) in [7, 11) is 0. The quantitative estimate of drug-likeness (QED) is 0.523. The number of fused-ring (bicyclic) bond motifs is 3. The summed E-state index contributed by atoms with van der Waals surface area (Å²) in [5.74, 6) is 0.408. The summed E-state index contributed by atoms with van der Waals surface area (Å²) in [5.41, 5.74) is 8.19. The van der Waals surface area contributed by atoms with Crippen LogP contribution in [0.15, 0.2) is 18.2 Å². The number of anilines is 3. The number of para-hydroxylation sites is 1. The average Bonchev–Trinajstić information content (AvgIpc) is 3.57. The number of nitrogen functional groups attached to an aromatic ring is 1. The molecule has 4 aliphatic rings. The highest BCUT2D eigenvalue weighted by Gasteiger charge is 2.49. The Labute approximate surface area is 223 Å². The monoisotopic (exact) mass is 539 g/mol. The summed E-state index contributed by atoms with van der Waals surface area (Å²) in [6.07, 6.45) is 2.42. The molecule has 0 radical (unpaired) electrons. The molecule has 0 aliphatic carbocycles. The van der Waals surface area contributed by atoms with E-state index in [0.717, 1.165) is 37.1 Å². The lowest BCUT2D eigenvalue weighted by Gasteiger charge is -2.31. The summed E-state index contributed by atoms with van der Waals surface area (Å²) < 4.78 is 27.1. The maximum absolute atomic E-state index is 14.3. The van der Waals surface area contributed by atoms with Crippen molar-refractivity contribution < 1.29 is 18.7 Å². The lowest BCUT2D eigenvalue weighted by Crippen LogP contribution is -2.43. The Morgan fingerprint density at radius 1 is 1.18 bits per heavy atom. The molecule has 7 rings (SSSR count). The first kappa shape index (κ1) is 24.0. The zero-order valence-corrected chi connectivity index (χ0v) is 21.9. The first-order valence-electron chi connectivity index (χ1n) is 13.2. The van der Waals surface area contributed by atoms with Gasteiger partial charge in [0.2, 0.25) is 0 Å². The number of nitrogens with two attached hydrogens (primary N) is 1. The number of amides is 1. The summed E-state index contributed by atoms with van der Waals surface area (Å²) in [4.78, 5) is 33.9. The number of aromatic nitrogens is 3. The molecule has 4 aliphatic heterocycles. The molecule has 2 N–H and O–H groups in total. The Bertz CT molecular complexity index is 1390. The minimum atomic E-state index is -0.832. The van der Waals surface area contributed by atoms with E-state index in [2.05, 4.69) is 14.8 Å². The van der Waals surface area contributed by atoms with E-state index in [-0.39, 0.29) is 24.0 Å². The summed E-state index contributed by atoms with van der Waals surface area (Å²) in [6.45, 7) is 4.54. The molecule has 2 atom stereocenters. The van der Waals surface area contributed by atoms with Gasteiger partial charge in [0.05, 0.1) is 34.8 Å². The van der Waals surface area contributed by atoms with Crippen molar-refractivity contribution in [1.29, 1.82) is 0 Å². The van der Waals surface area contributed by atoms with Gasteiger partial charge in [0.15, 0.2) is 5.13 Å². The van der Waals surface area contributed by atoms with Crippen LogP contribution in [-0.4, -0.2) is 83.5 Å². The molecule has 3 fully saturated rings. The van der Waals surface area contributed by atoms with Crippen LogP contribution in [0.4, 0.5) is 21.0 Å². The Hall–Kier alpha value is -3.09. The van der Waals surface area contributed by atoms with Crippen molar-refractivity contribution in [2.75, 3.05) is 61.5 Å². The van der Waals surface area contributed by atoms with Gasteiger partial charge in [-0.3, -0.25) is 14.6 Å². The van der Waals surface area contributed by atoms with Gasteiger partial charge in [-0.2, -0.15) is 9.97 Å². The number of thiazole rings is 1. The van der Waals surface area contributed by atoms with Crippen LogP contribution in [0.25, 0.3) is 10.2 Å². The lowest BCUT2D eigenvalue weighted by atomic mass is 9.95. The molecule has 0 spiro atoms. The maximum Gasteiger partial charge on any atom is 0.318 e. The Balaban J connectivity index is 1.25. The smallest absolute Gasteiger partial charge is 0.318 e. The molecule has 1 aromatic carbocycles. The maximum atomic E-state index is 14.3. The normalized spacial score (nSPS) is 25.7. The van der Waals surface area contributed by atoms with E-state index in [1.54, 1.807) is 4.90 Å². The zero-order valence-electron chi connectivity index (χ0n) is 21.1. The van der Waals surface area contributed by atoms with E-state index in [1.807, 2.05) is 18.2 Å². The Morgan fingerprint density at radius 2 is 2.11 bits per heavy atom. The van der Waals surface area contributed by atoms with Gasteiger partial charge < -0.3 is 20.1 Å². The van der Waals surface area contributed by atoms with Crippen molar-refractivity contribution in [3.63, 3.8) is 0 Å².